The molecule has 0 aliphatic heterocycles. The summed E-state index contributed by atoms with van der Waals surface area (Å²) in [5, 5.41) is 0. The van der Waals surface area contributed by atoms with Crippen LogP contribution in [0.25, 0.3) is 99.6 Å². The van der Waals surface area contributed by atoms with Gasteiger partial charge in [0.25, 0.3) is 0 Å². The predicted octanol–water partition coefficient (Wildman–Crippen LogP) is 15.9. The molecule has 0 fully saturated rings. The van der Waals surface area contributed by atoms with E-state index >= 15 is 0 Å². The summed E-state index contributed by atoms with van der Waals surface area (Å²) in [5.41, 5.74) is 19.4. The number of aromatic nitrogens is 3. The molecule has 2 aliphatic carbocycles. The fourth-order valence-corrected chi connectivity index (χ4v) is 11.9. The summed E-state index contributed by atoms with van der Waals surface area (Å²) in [7, 11) is 0. The van der Waals surface area contributed by atoms with Crippen molar-refractivity contribution in [3.05, 3.63) is 259 Å². The molecule has 1 unspecified atom stereocenters. The van der Waals surface area contributed by atoms with Crippen LogP contribution >= 0.6 is 11.3 Å². The fraction of sp³-hybridized carbons (Fsp3) is 0.0161. The highest BCUT2D eigenvalue weighted by atomic mass is 32.1. The molecule has 0 radical (unpaired) electrons. The Bertz CT molecular complexity index is 3570. The molecule has 0 saturated carbocycles. The van der Waals surface area contributed by atoms with E-state index in [4.69, 9.17) is 15.0 Å². The molecule has 1 spiro atoms. The Morgan fingerprint density at radius 2 is 0.682 bits per heavy atom. The Morgan fingerprint density at radius 3 is 1.26 bits per heavy atom. The van der Waals surface area contributed by atoms with Crippen molar-refractivity contribution in [3.8, 4) is 99.6 Å². The third-order valence-corrected chi connectivity index (χ3v) is 14.6. The summed E-state index contributed by atoms with van der Waals surface area (Å²) in [6, 6.07) is 85.0. The maximum Gasteiger partial charge on any atom is 0.164 e. The van der Waals surface area contributed by atoms with Crippen molar-refractivity contribution in [1.29, 1.82) is 0 Å². The van der Waals surface area contributed by atoms with Gasteiger partial charge in [0.05, 0.1) is 5.41 Å². The Kier molecular flexibility index (Phi) is 8.93. The second kappa shape index (κ2) is 15.4. The maximum atomic E-state index is 5.44. The van der Waals surface area contributed by atoms with E-state index in [9.17, 15) is 0 Å². The molecule has 0 saturated heterocycles. The average Bonchev–Trinajstić information content (AvgIpc) is 4.04. The highest BCUT2D eigenvalue weighted by Crippen LogP contribution is 2.68. The zero-order valence-corrected chi connectivity index (χ0v) is 36.6. The normalized spacial score (nSPS) is 14.1. The maximum absolute atomic E-state index is 5.44. The molecule has 4 heteroatoms. The van der Waals surface area contributed by atoms with Crippen LogP contribution in [0.5, 0.6) is 0 Å². The summed E-state index contributed by atoms with van der Waals surface area (Å²) in [4.78, 5) is 18.6. The van der Waals surface area contributed by atoms with Gasteiger partial charge in [0.15, 0.2) is 17.5 Å². The zero-order valence-electron chi connectivity index (χ0n) is 35.8. The molecule has 13 rings (SSSR count). The summed E-state index contributed by atoms with van der Waals surface area (Å²) in [6.45, 7) is 0. The highest BCUT2D eigenvalue weighted by Gasteiger charge is 2.54. The van der Waals surface area contributed by atoms with E-state index in [2.05, 4.69) is 218 Å². The van der Waals surface area contributed by atoms with Gasteiger partial charge in [-0.05, 0) is 96.6 Å². The SMILES string of the molecule is c1ccc(-c2cc(-c3ccccc3)cc(-c3nc(-c4ccccc4)nc(-c4ccc5c(c4)C4(c6ccccc6-5)c5ccccc5-c5c(-c6ccccc6)sc(-c6ccccc6)c54)n3)c2)cc1. The first kappa shape index (κ1) is 38.2. The molecule has 0 N–H and O–H groups in total. The highest BCUT2D eigenvalue weighted by molar-refractivity contribution is 7.19. The van der Waals surface area contributed by atoms with Gasteiger partial charge in [0.2, 0.25) is 0 Å². The van der Waals surface area contributed by atoms with Gasteiger partial charge in [-0.25, -0.2) is 15.0 Å². The van der Waals surface area contributed by atoms with E-state index < -0.39 is 5.41 Å². The molecule has 0 bridgehead atoms. The monoisotopic (exact) mass is 857 g/mol. The second-order valence-corrected chi connectivity index (χ2v) is 18.1. The van der Waals surface area contributed by atoms with Gasteiger partial charge in [0.1, 0.15) is 0 Å². The lowest BCUT2D eigenvalue weighted by molar-refractivity contribution is 0.798. The van der Waals surface area contributed by atoms with Crippen molar-refractivity contribution < 1.29 is 0 Å². The number of fused-ring (bicyclic) bond motifs is 10. The van der Waals surface area contributed by atoms with Crippen molar-refractivity contribution in [2.45, 2.75) is 5.41 Å². The number of benzene rings is 9. The summed E-state index contributed by atoms with van der Waals surface area (Å²) >= 11 is 1.91. The van der Waals surface area contributed by atoms with Gasteiger partial charge in [0, 0.05) is 32.0 Å². The average molecular weight is 858 g/mol. The van der Waals surface area contributed by atoms with Crippen LogP contribution in [0.1, 0.15) is 22.3 Å². The number of hydrogen-bond donors (Lipinski definition) is 0. The molecule has 66 heavy (non-hydrogen) atoms. The van der Waals surface area contributed by atoms with Crippen molar-refractivity contribution in [1.82, 2.24) is 15.0 Å². The third kappa shape index (κ3) is 5.99. The molecule has 2 aromatic heterocycles. The molecule has 1 atom stereocenters. The summed E-state index contributed by atoms with van der Waals surface area (Å²) in [5.74, 6) is 1.88. The number of rotatable bonds is 7. The lowest BCUT2D eigenvalue weighted by Gasteiger charge is -2.31. The van der Waals surface area contributed by atoms with Crippen LogP contribution in [-0.4, -0.2) is 15.0 Å². The second-order valence-electron chi connectivity index (χ2n) is 17.0. The Balaban J connectivity index is 1.08. The van der Waals surface area contributed by atoms with Crippen LogP contribution in [0.15, 0.2) is 237 Å². The van der Waals surface area contributed by atoms with Gasteiger partial charge >= 0.3 is 0 Å². The molecular formula is C62H39N3S. The van der Waals surface area contributed by atoms with E-state index in [1.807, 2.05) is 29.5 Å². The van der Waals surface area contributed by atoms with Gasteiger partial charge in [-0.3, -0.25) is 0 Å². The van der Waals surface area contributed by atoms with Gasteiger partial charge in [-0.1, -0.05) is 212 Å². The Morgan fingerprint density at radius 1 is 0.273 bits per heavy atom. The van der Waals surface area contributed by atoms with Crippen LogP contribution < -0.4 is 0 Å². The molecule has 11 aromatic rings. The molecule has 9 aromatic carbocycles. The minimum absolute atomic E-state index is 0.602. The quantitative estimate of drug-likeness (QED) is 0.160. The zero-order chi connectivity index (χ0) is 43.6. The third-order valence-electron chi connectivity index (χ3n) is 13.3. The number of hydrogen-bond acceptors (Lipinski definition) is 4. The molecule has 308 valence electrons. The van der Waals surface area contributed by atoms with Crippen molar-refractivity contribution in [3.63, 3.8) is 0 Å². The summed E-state index contributed by atoms with van der Waals surface area (Å²) < 4.78 is 0. The van der Waals surface area contributed by atoms with Gasteiger partial charge < -0.3 is 0 Å². The molecular weight excluding hydrogens is 819 g/mol. The largest absolute Gasteiger partial charge is 0.208 e. The number of thiophene rings is 1. The van der Waals surface area contributed by atoms with Crippen LogP contribution in [0.4, 0.5) is 0 Å². The first-order valence-electron chi connectivity index (χ1n) is 22.4. The first-order chi connectivity index (χ1) is 32.7. The van der Waals surface area contributed by atoms with Crippen LogP contribution in [-0.2, 0) is 5.41 Å². The van der Waals surface area contributed by atoms with Gasteiger partial charge in [-0.2, -0.15) is 0 Å². The Labute approximate surface area is 388 Å². The van der Waals surface area contributed by atoms with Crippen molar-refractivity contribution in [2.75, 3.05) is 0 Å². The van der Waals surface area contributed by atoms with E-state index in [0.717, 1.165) is 38.9 Å². The Hall–Kier alpha value is -8.31. The van der Waals surface area contributed by atoms with Crippen molar-refractivity contribution >= 4 is 11.3 Å². The van der Waals surface area contributed by atoms with Crippen molar-refractivity contribution in [2.24, 2.45) is 0 Å². The molecule has 0 amide bonds. The standard InChI is InChI=1S/C62H39N3S/c1-6-20-40(21-7-1)46-36-47(41-22-8-2-9-23-41)38-48(37-46)61-64-59(44-28-14-5-15-29-44)63-60(65-61)45-34-35-50-49-30-16-18-32-52(49)62(54(50)39-45)53-33-19-17-31-51(53)55-56(62)58(43-26-12-4-13-27-43)66-57(55)42-24-10-3-11-25-42/h1-39H. The van der Waals surface area contributed by atoms with Gasteiger partial charge in [-0.15, -0.1) is 11.3 Å². The van der Waals surface area contributed by atoms with Crippen LogP contribution in [0, 0.1) is 0 Å². The minimum Gasteiger partial charge on any atom is -0.208 e. The van der Waals surface area contributed by atoms with E-state index in [-0.39, 0.29) is 0 Å². The number of nitrogens with zero attached hydrogens (tertiary/aromatic N) is 3. The molecule has 2 aliphatic rings. The topological polar surface area (TPSA) is 38.7 Å². The predicted molar refractivity (Wildman–Crippen MR) is 272 cm³/mol. The smallest absolute Gasteiger partial charge is 0.164 e. The van der Waals surface area contributed by atoms with E-state index in [0.29, 0.717) is 17.5 Å². The minimum atomic E-state index is -0.602. The molecule has 3 nitrogen and oxygen atoms in total. The lowest BCUT2D eigenvalue weighted by atomic mass is 9.70. The van der Waals surface area contributed by atoms with E-state index in [1.54, 1.807) is 0 Å². The van der Waals surface area contributed by atoms with Crippen LogP contribution in [0.2, 0.25) is 0 Å². The molecule has 2 heterocycles. The fourth-order valence-electron chi connectivity index (χ4n) is 10.5. The first-order valence-corrected chi connectivity index (χ1v) is 23.2. The van der Waals surface area contributed by atoms with Crippen LogP contribution in [0.3, 0.4) is 0 Å². The van der Waals surface area contributed by atoms with E-state index in [1.165, 1.54) is 65.4 Å². The summed E-state index contributed by atoms with van der Waals surface area (Å²) in [6.07, 6.45) is 0. The lowest BCUT2D eigenvalue weighted by Crippen LogP contribution is -2.26.